The monoisotopic (exact) mass is 482 g/mol. The van der Waals surface area contributed by atoms with Gasteiger partial charge in [0.2, 0.25) is 0 Å². The summed E-state index contributed by atoms with van der Waals surface area (Å²) < 4.78 is 20.6. The number of amides is 1. The number of carbonyl (C=O) groups excluding carboxylic acids is 1. The van der Waals surface area contributed by atoms with Crippen molar-refractivity contribution < 1.29 is 35.4 Å². The van der Waals surface area contributed by atoms with E-state index in [1.165, 1.54) is 25.0 Å². The fourth-order valence-corrected chi connectivity index (χ4v) is 4.94. The highest BCUT2D eigenvalue weighted by atomic mass is 79.9. The molecule has 2 aromatic carbocycles. The maximum atomic E-state index is 13.8. The third-order valence-electron chi connectivity index (χ3n) is 6.41. The van der Waals surface area contributed by atoms with Crippen molar-refractivity contribution in [2.45, 2.75) is 43.9 Å². The van der Waals surface area contributed by atoms with Gasteiger partial charge in [0, 0.05) is 36.3 Å². The Morgan fingerprint density at radius 3 is 2.48 bits per heavy atom. The van der Waals surface area contributed by atoms with Crippen molar-refractivity contribution in [3.63, 3.8) is 0 Å². The van der Waals surface area contributed by atoms with Crippen molar-refractivity contribution in [2.75, 3.05) is 19.4 Å². The summed E-state index contributed by atoms with van der Waals surface area (Å²) in [7, 11) is 4.53. The fraction of sp³-hybridized carbons (Fsp3) is 0.409. The molecule has 0 aromatic heterocycles. The predicted molar refractivity (Wildman–Crippen MR) is 109 cm³/mol. The first-order valence-corrected chi connectivity index (χ1v) is 10.1. The van der Waals surface area contributed by atoms with E-state index in [9.17, 15) is 9.18 Å². The van der Waals surface area contributed by atoms with Crippen LogP contribution < -0.4 is 22.3 Å². The largest absolute Gasteiger partial charge is 1.00 e. The molecule has 2 aliphatic rings. The van der Waals surface area contributed by atoms with Gasteiger partial charge < -0.3 is 26.2 Å². The molecule has 29 heavy (non-hydrogen) atoms. The maximum Gasteiger partial charge on any atom is 0.411 e. The van der Waals surface area contributed by atoms with Gasteiger partial charge in [-0.25, -0.2) is 9.18 Å². The molecular weight excluding hydrogens is 459 g/mol. The molecule has 7 heteroatoms. The van der Waals surface area contributed by atoms with Crippen LogP contribution in [0.15, 0.2) is 42.5 Å². The SMILES string of the molecule is C[N+]1(C)C2CCC1CC(OC(=O)Nc1cc(F)ccc1-c1cccc(Cl)c1)C2.[Br-]. The van der Waals surface area contributed by atoms with Crippen LogP contribution >= 0.6 is 11.6 Å². The third-order valence-corrected chi connectivity index (χ3v) is 6.65. The van der Waals surface area contributed by atoms with Gasteiger partial charge in [-0.1, -0.05) is 23.7 Å². The molecule has 2 heterocycles. The number of nitrogens with one attached hydrogen (secondary N) is 1. The molecule has 2 bridgehead atoms. The van der Waals surface area contributed by atoms with Gasteiger partial charge in [0.25, 0.3) is 0 Å². The first kappa shape index (κ1) is 22.1. The summed E-state index contributed by atoms with van der Waals surface area (Å²) in [6.45, 7) is 0. The first-order valence-electron chi connectivity index (χ1n) is 9.69. The molecule has 1 amide bonds. The smallest absolute Gasteiger partial charge is 0.411 e. The number of ether oxygens (including phenoxy) is 1. The molecule has 2 atom stereocenters. The average molecular weight is 484 g/mol. The molecule has 2 aliphatic heterocycles. The van der Waals surface area contributed by atoms with Crippen LogP contribution in [0.1, 0.15) is 25.7 Å². The Morgan fingerprint density at radius 2 is 1.83 bits per heavy atom. The van der Waals surface area contributed by atoms with Crippen LogP contribution in [0, 0.1) is 5.82 Å². The highest BCUT2D eigenvalue weighted by Crippen LogP contribution is 2.40. The van der Waals surface area contributed by atoms with Crippen LogP contribution in [0.4, 0.5) is 14.9 Å². The Morgan fingerprint density at radius 1 is 1.14 bits per heavy atom. The quantitative estimate of drug-likeness (QED) is 0.681. The Balaban J connectivity index is 0.00000240. The molecule has 2 aromatic rings. The number of anilines is 1. The van der Waals surface area contributed by atoms with Crippen LogP contribution in [0.25, 0.3) is 11.1 Å². The lowest BCUT2D eigenvalue weighted by Gasteiger charge is -2.43. The topological polar surface area (TPSA) is 38.3 Å². The van der Waals surface area contributed by atoms with E-state index in [1.54, 1.807) is 18.2 Å². The minimum Gasteiger partial charge on any atom is -1.00 e. The molecule has 0 radical (unpaired) electrons. The summed E-state index contributed by atoms with van der Waals surface area (Å²) >= 11 is 6.08. The molecule has 156 valence electrons. The molecule has 2 fully saturated rings. The second-order valence-electron chi connectivity index (χ2n) is 8.34. The summed E-state index contributed by atoms with van der Waals surface area (Å²) in [4.78, 5) is 12.6. The Bertz CT molecular complexity index is 892. The maximum absolute atomic E-state index is 13.8. The normalized spacial score (nSPS) is 24.5. The lowest BCUT2D eigenvalue weighted by molar-refractivity contribution is -0.931. The highest BCUT2D eigenvalue weighted by Gasteiger charge is 2.49. The Labute approximate surface area is 186 Å². The van der Waals surface area contributed by atoms with Crippen LogP contribution in [0.2, 0.25) is 5.02 Å². The minimum atomic E-state index is -0.537. The van der Waals surface area contributed by atoms with Crippen molar-refractivity contribution >= 4 is 23.4 Å². The van der Waals surface area contributed by atoms with Crippen LogP contribution in [-0.4, -0.2) is 42.9 Å². The zero-order chi connectivity index (χ0) is 19.9. The van der Waals surface area contributed by atoms with Crippen molar-refractivity contribution in [1.29, 1.82) is 0 Å². The third kappa shape index (κ3) is 4.60. The van der Waals surface area contributed by atoms with E-state index in [-0.39, 0.29) is 23.1 Å². The van der Waals surface area contributed by atoms with Gasteiger partial charge in [-0.05, 0) is 35.9 Å². The van der Waals surface area contributed by atoms with E-state index in [0.29, 0.717) is 28.4 Å². The minimum absolute atomic E-state index is 0. The van der Waals surface area contributed by atoms with Crippen molar-refractivity contribution in [3.8, 4) is 11.1 Å². The number of piperidine rings is 1. The van der Waals surface area contributed by atoms with E-state index in [1.807, 2.05) is 12.1 Å². The number of nitrogens with zero attached hydrogens (tertiary/aromatic N) is 1. The second-order valence-corrected chi connectivity index (χ2v) is 8.77. The number of halogens is 3. The summed E-state index contributed by atoms with van der Waals surface area (Å²) in [6, 6.07) is 12.6. The van der Waals surface area contributed by atoms with E-state index in [2.05, 4.69) is 19.4 Å². The number of carbonyl (C=O) groups is 1. The first-order chi connectivity index (χ1) is 13.3. The van der Waals surface area contributed by atoms with E-state index >= 15 is 0 Å². The zero-order valence-corrected chi connectivity index (χ0v) is 18.8. The number of benzene rings is 2. The number of fused-ring (bicyclic) bond motifs is 2. The summed E-state index contributed by atoms with van der Waals surface area (Å²) in [6.07, 6.45) is 3.49. The van der Waals surface area contributed by atoms with Crippen LogP contribution in [-0.2, 0) is 4.74 Å². The molecule has 0 aliphatic carbocycles. The summed E-state index contributed by atoms with van der Waals surface area (Å²) in [5.41, 5.74) is 1.88. The zero-order valence-electron chi connectivity index (χ0n) is 16.5. The summed E-state index contributed by atoms with van der Waals surface area (Å²) in [5.74, 6) is -0.421. The van der Waals surface area contributed by atoms with Gasteiger partial charge in [-0.2, -0.15) is 0 Å². The Hall–Kier alpha value is -1.63. The van der Waals surface area contributed by atoms with Crippen molar-refractivity contribution in [2.24, 2.45) is 0 Å². The standard InChI is InChI=1S/C22H24ClFN2O2.BrH/c1-26(2)17-7-8-18(26)13-19(12-17)28-22(27)25-21-11-16(24)6-9-20(21)14-4-3-5-15(23)10-14;/h3-6,9-11,17-19H,7-8,12-13H2,1-2H3;1H. The van der Waals surface area contributed by atoms with Gasteiger partial charge in [0.1, 0.15) is 11.9 Å². The molecule has 4 rings (SSSR count). The predicted octanol–water partition coefficient (Wildman–Crippen LogP) is 2.47. The fourth-order valence-electron chi connectivity index (χ4n) is 4.75. The van der Waals surface area contributed by atoms with Gasteiger partial charge in [0.05, 0.1) is 31.9 Å². The van der Waals surface area contributed by atoms with Gasteiger partial charge >= 0.3 is 6.09 Å². The molecule has 2 unspecified atom stereocenters. The van der Waals surface area contributed by atoms with E-state index in [0.717, 1.165) is 22.9 Å². The molecular formula is C22H25BrClFN2O2. The van der Waals surface area contributed by atoms with E-state index in [4.69, 9.17) is 16.3 Å². The number of hydrogen-bond donors (Lipinski definition) is 1. The summed E-state index contributed by atoms with van der Waals surface area (Å²) in [5, 5.41) is 3.32. The Kier molecular flexibility index (Phi) is 6.56. The van der Waals surface area contributed by atoms with Crippen molar-refractivity contribution in [3.05, 3.63) is 53.3 Å². The molecule has 0 saturated carbocycles. The lowest BCUT2D eigenvalue weighted by atomic mass is 9.98. The van der Waals surface area contributed by atoms with Gasteiger partial charge in [-0.15, -0.1) is 0 Å². The second kappa shape index (κ2) is 8.62. The highest BCUT2D eigenvalue weighted by molar-refractivity contribution is 6.30. The average Bonchev–Trinajstić information content (AvgIpc) is 2.80. The molecule has 0 spiro atoms. The van der Waals surface area contributed by atoms with Crippen LogP contribution in [0.3, 0.4) is 0 Å². The molecule has 2 saturated heterocycles. The van der Waals surface area contributed by atoms with E-state index < -0.39 is 11.9 Å². The number of hydrogen-bond acceptors (Lipinski definition) is 2. The lowest BCUT2D eigenvalue weighted by Crippen LogP contribution is -3.00. The van der Waals surface area contributed by atoms with Gasteiger partial charge in [-0.3, -0.25) is 5.32 Å². The molecule has 1 N–H and O–H groups in total. The van der Waals surface area contributed by atoms with Gasteiger partial charge in [0.15, 0.2) is 0 Å². The number of rotatable bonds is 3. The van der Waals surface area contributed by atoms with Crippen LogP contribution in [0.5, 0.6) is 0 Å². The van der Waals surface area contributed by atoms with Crippen molar-refractivity contribution in [1.82, 2.24) is 0 Å². The number of quaternary nitrogens is 1. The molecule has 4 nitrogen and oxygen atoms in total.